The number of carboxylic acids is 1. The van der Waals surface area contributed by atoms with Crippen LogP contribution in [-0.4, -0.2) is 87.4 Å². The fraction of sp³-hybridized carbons (Fsp3) is 0.592. The normalized spacial score (nSPS) is 13.8. The Labute approximate surface area is 520 Å². The highest BCUT2D eigenvalue weighted by atomic mass is 16.7. The zero-order valence-electron chi connectivity index (χ0n) is 54.4. The molecule has 0 saturated heterocycles. The Balaban J connectivity index is 4.20. The average molecular weight is 1180 g/mol. The molecule has 0 radical (unpaired) electrons. The smallest absolute Gasteiger partial charge is 0.361 e. The van der Waals surface area contributed by atoms with Gasteiger partial charge in [-0.3, -0.25) is 9.59 Å². The molecule has 0 spiro atoms. The topological polar surface area (TPSA) is 108 Å². The number of unbranched alkanes of at least 4 members (excludes halogenated alkanes) is 16. The summed E-state index contributed by atoms with van der Waals surface area (Å²) in [5, 5.41) is 9.73. The first-order chi connectivity index (χ1) is 41.6. The minimum Gasteiger partial charge on any atom is -0.477 e. The molecule has 0 aliphatic rings. The summed E-state index contributed by atoms with van der Waals surface area (Å²) in [4.78, 5) is 37.5. The minimum atomic E-state index is -1.53. The lowest BCUT2D eigenvalue weighted by Crippen LogP contribution is -2.40. The van der Waals surface area contributed by atoms with Gasteiger partial charge >= 0.3 is 17.9 Å². The van der Waals surface area contributed by atoms with Crippen LogP contribution in [-0.2, 0) is 33.3 Å². The molecule has 0 fully saturated rings. The van der Waals surface area contributed by atoms with Crippen LogP contribution in [0.15, 0.2) is 170 Å². The molecule has 2 atom stereocenters. The van der Waals surface area contributed by atoms with Crippen LogP contribution in [0.1, 0.15) is 232 Å². The van der Waals surface area contributed by atoms with E-state index in [1.165, 1.54) is 44.9 Å². The molecule has 1 N–H and O–H groups in total. The Bertz CT molecular complexity index is 2000. The molecule has 0 rings (SSSR count). The van der Waals surface area contributed by atoms with Crippen LogP contribution >= 0.6 is 0 Å². The fourth-order valence-corrected chi connectivity index (χ4v) is 8.44. The number of allylic oxidation sites excluding steroid dienone is 28. The van der Waals surface area contributed by atoms with Gasteiger partial charge in [0.25, 0.3) is 6.29 Å². The lowest BCUT2D eigenvalue weighted by Gasteiger charge is -2.25. The molecule has 0 amide bonds. The van der Waals surface area contributed by atoms with Crippen molar-refractivity contribution in [1.29, 1.82) is 0 Å². The first-order valence-electron chi connectivity index (χ1n) is 33.3. The van der Waals surface area contributed by atoms with Crippen molar-refractivity contribution in [3.05, 3.63) is 170 Å². The second-order valence-corrected chi connectivity index (χ2v) is 22.7. The molecule has 0 aromatic rings. The molecule has 478 valence electrons. The van der Waals surface area contributed by atoms with Gasteiger partial charge in [0, 0.05) is 12.8 Å². The van der Waals surface area contributed by atoms with E-state index in [4.69, 9.17) is 18.9 Å². The van der Waals surface area contributed by atoms with Crippen molar-refractivity contribution >= 4 is 17.9 Å². The van der Waals surface area contributed by atoms with E-state index in [1.807, 2.05) is 21.1 Å². The summed E-state index contributed by atoms with van der Waals surface area (Å²) < 4.78 is 22.9. The molecule has 0 bridgehead atoms. The van der Waals surface area contributed by atoms with E-state index in [9.17, 15) is 19.5 Å². The van der Waals surface area contributed by atoms with E-state index in [0.717, 1.165) is 148 Å². The predicted molar refractivity (Wildman–Crippen MR) is 363 cm³/mol. The number of likely N-dealkylation sites (N-methyl/N-ethyl adjacent to an activating group) is 1. The van der Waals surface area contributed by atoms with E-state index in [-0.39, 0.29) is 38.6 Å². The third-order valence-electron chi connectivity index (χ3n) is 13.5. The number of carbonyl (C=O) groups excluding carboxylic acids is 2. The standard InChI is InChI=1S/C76H121NO8/c1-6-8-10-12-14-16-18-20-22-24-26-28-29-30-31-32-33-34-35-36-37-38-39-40-41-42-43-44-45-47-49-51-53-55-57-59-61-63-65-67-74(79)85-72(71-84-76(75(80)81)82-69-68-77(3,4)5)70-83-73(78)66-64-62-60-58-56-54-52-50-48-46-27-25-23-21-19-17-15-13-11-9-7-2/h8-11,14-17,20-23,26-28,30-31,33-34,36-37,39-40,42-43,46,50,52,72,76H,6-7,12-13,18-19,24-25,29,32,35,38,41,44-45,47-49,51,53-71H2,1-5H3/p+1/b10-8-,11-9-,16-14-,17-15-,22-20-,23-21-,28-26-,31-30-,34-33-,37-36-,40-39-,43-42-,46-27-,52-50-. The number of hydrogen-bond donors (Lipinski definition) is 1. The zero-order valence-corrected chi connectivity index (χ0v) is 54.4. The number of esters is 2. The van der Waals surface area contributed by atoms with Gasteiger partial charge in [0.05, 0.1) is 34.4 Å². The molecular weight excluding hydrogens is 1050 g/mol. The molecule has 85 heavy (non-hydrogen) atoms. The molecule has 0 aromatic heterocycles. The number of rotatable bonds is 59. The van der Waals surface area contributed by atoms with Crippen LogP contribution in [0.3, 0.4) is 0 Å². The molecule has 9 nitrogen and oxygen atoms in total. The summed E-state index contributed by atoms with van der Waals surface area (Å²) in [7, 11) is 5.95. The lowest BCUT2D eigenvalue weighted by molar-refractivity contribution is -0.870. The van der Waals surface area contributed by atoms with Crippen LogP contribution in [0.2, 0.25) is 0 Å². The summed E-state index contributed by atoms with van der Waals surface area (Å²) >= 11 is 0. The summed E-state index contributed by atoms with van der Waals surface area (Å²) in [6.45, 7) is 4.60. The van der Waals surface area contributed by atoms with E-state index in [1.54, 1.807) is 0 Å². The van der Waals surface area contributed by atoms with Crippen LogP contribution in [0.4, 0.5) is 0 Å². The van der Waals surface area contributed by atoms with E-state index in [2.05, 4.69) is 184 Å². The minimum absolute atomic E-state index is 0.175. The van der Waals surface area contributed by atoms with Gasteiger partial charge in [-0.25, -0.2) is 4.79 Å². The summed E-state index contributed by atoms with van der Waals surface area (Å²) in [6.07, 6.45) is 94.5. The van der Waals surface area contributed by atoms with Gasteiger partial charge in [-0.15, -0.1) is 0 Å². The SMILES string of the molecule is CC/C=C\C/C=C\C/C=C\C/C=C\C/C=C\C/C=C\C/C=C\C/C=C\C/C=C\CCCCCCCCCCCCCC(=O)OC(COC(=O)CCCCCCC/C=C\C/C=C\C/C=C\C/C=C\C/C=C\CC)COC(OCC[N+](C)(C)C)C(=O)O. The average Bonchev–Trinajstić information content (AvgIpc) is 3.49. The summed E-state index contributed by atoms with van der Waals surface area (Å²) in [5.41, 5.74) is 0. The summed E-state index contributed by atoms with van der Waals surface area (Å²) in [5.74, 6) is -2.05. The van der Waals surface area contributed by atoms with Crippen LogP contribution in [0, 0.1) is 0 Å². The Hall–Kier alpha value is -5.35. The van der Waals surface area contributed by atoms with Crippen molar-refractivity contribution in [2.75, 3.05) is 47.5 Å². The first kappa shape index (κ1) is 79.7. The highest BCUT2D eigenvalue weighted by Crippen LogP contribution is 2.15. The van der Waals surface area contributed by atoms with Crippen molar-refractivity contribution in [1.82, 2.24) is 0 Å². The van der Waals surface area contributed by atoms with Gasteiger partial charge in [-0.2, -0.15) is 0 Å². The zero-order chi connectivity index (χ0) is 61.9. The van der Waals surface area contributed by atoms with Gasteiger partial charge in [0.1, 0.15) is 13.2 Å². The second-order valence-electron chi connectivity index (χ2n) is 22.7. The van der Waals surface area contributed by atoms with Gasteiger partial charge in [0.15, 0.2) is 6.10 Å². The van der Waals surface area contributed by atoms with Crippen molar-refractivity contribution < 1.29 is 42.9 Å². The first-order valence-corrected chi connectivity index (χ1v) is 33.3. The second kappa shape index (κ2) is 64.6. The number of nitrogens with zero attached hydrogens (tertiary/aromatic N) is 1. The lowest BCUT2D eigenvalue weighted by atomic mass is 10.0. The van der Waals surface area contributed by atoms with Crippen LogP contribution in [0.5, 0.6) is 0 Å². The number of aliphatic carboxylic acids is 1. The Morgan fingerprint density at radius 2 is 0.635 bits per heavy atom. The van der Waals surface area contributed by atoms with Gasteiger partial charge in [-0.1, -0.05) is 261 Å². The maximum absolute atomic E-state index is 12.9. The molecule has 0 aliphatic carbocycles. The Morgan fingerprint density at radius 1 is 0.353 bits per heavy atom. The van der Waals surface area contributed by atoms with Gasteiger partial charge in [-0.05, 0) is 128 Å². The molecule has 0 saturated carbocycles. The Morgan fingerprint density at radius 3 is 0.941 bits per heavy atom. The number of carbonyl (C=O) groups is 3. The van der Waals surface area contributed by atoms with Crippen LogP contribution in [0.25, 0.3) is 0 Å². The molecule has 2 unspecified atom stereocenters. The Kier molecular flexibility index (Phi) is 60.6. The highest BCUT2D eigenvalue weighted by Gasteiger charge is 2.25. The van der Waals surface area contributed by atoms with Crippen molar-refractivity contribution in [2.45, 2.75) is 245 Å². The highest BCUT2D eigenvalue weighted by molar-refractivity contribution is 5.71. The van der Waals surface area contributed by atoms with Crippen molar-refractivity contribution in [2.24, 2.45) is 0 Å². The molecular formula is C76H122NO8+. The monoisotopic (exact) mass is 1180 g/mol. The van der Waals surface area contributed by atoms with Crippen LogP contribution < -0.4 is 0 Å². The van der Waals surface area contributed by atoms with E-state index >= 15 is 0 Å². The van der Waals surface area contributed by atoms with Crippen molar-refractivity contribution in [3.63, 3.8) is 0 Å². The number of hydrogen-bond acceptors (Lipinski definition) is 7. The third kappa shape index (κ3) is 66.0. The maximum atomic E-state index is 12.9. The summed E-state index contributed by atoms with van der Waals surface area (Å²) in [6, 6.07) is 0. The predicted octanol–water partition coefficient (Wildman–Crippen LogP) is 20.7. The maximum Gasteiger partial charge on any atom is 0.361 e. The number of quaternary nitrogens is 1. The fourth-order valence-electron chi connectivity index (χ4n) is 8.44. The van der Waals surface area contributed by atoms with Gasteiger partial charge in [0.2, 0.25) is 0 Å². The number of ether oxygens (including phenoxy) is 4. The largest absolute Gasteiger partial charge is 0.477 e. The van der Waals surface area contributed by atoms with E-state index in [0.29, 0.717) is 23.9 Å². The van der Waals surface area contributed by atoms with Crippen molar-refractivity contribution in [3.8, 4) is 0 Å². The third-order valence-corrected chi connectivity index (χ3v) is 13.5. The quantitative estimate of drug-likeness (QED) is 0.0211. The number of carboxylic acid groups (broad SMARTS) is 1. The molecule has 0 aromatic carbocycles. The molecule has 9 heteroatoms. The molecule has 0 heterocycles. The van der Waals surface area contributed by atoms with E-state index < -0.39 is 24.3 Å². The molecule has 0 aliphatic heterocycles. The van der Waals surface area contributed by atoms with Gasteiger partial charge < -0.3 is 28.5 Å².